The van der Waals surface area contributed by atoms with Crippen molar-refractivity contribution in [3.8, 4) is 0 Å². The first-order valence-electron chi connectivity index (χ1n) is 8.33. The Morgan fingerprint density at radius 1 is 1.11 bits per heavy atom. The highest BCUT2D eigenvalue weighted by atomic mass is 15.2. The summed E-state index contributed by atoms with van der Waals surface area (Å²) in [5.74, 6) is 2.46. The molecule has 4 atom stereocenters. The molecule has 0 bridgehead atoms. The molecule has 0 aromatic rings. The van der Waals surface area contributed by atoms with Gasteiger partial charge in [0.1, 0.15) is 0 Å². The van der Waals surface area contributed by atoms with E-state index in [-0.39, 0.29) is 0 Å². The molecule has 1 aliphatic rings. The van der Waals surface area contributed by atoms with Crippen molar-refractivity contribution < 1.29 is 0 Å². The normalized spacial score (nSPS) is 30.3. The molecule has 1 rings (SSSR count). The molecule has 19 heavy (non-hydrogen) atoms. The minimum atomic E-state index is 0.664. The average molecular weight is 268 g/mol. The second kappa shape index (κ2) is 7.64. The Kier molecular flexibility index (Phi) is 6.82. The number of likely N-dealkylation sites (N-methyl/N-ethyl adjacent to an activating group) is 2. The fourth-order valence-corrected chi connectivity index (χ4v) is 3.51. The molecule has 4 unspecified atom stereocenters. The van der Waals surface area contributed by atoms with E-state index in [2.05, 4.69) is 58.8 Å². The highest BCUT2D eigenvalue weighted by molar-refractivity contribution is 4.92. The van der Waals surface area contributed by atoms with Crippen molar-refractivity contribution in [1.29, 1.82) is 0 Å². The third kappa shape index (κ3) is 4.46. The highest BCUT2D eigenvalue weighted by Crippen LogP contribution is 2.33. The van der Waals surface area contributed by atoms with Crippen LogP contribution in [0, 0.1) is 17.8 Å². The van der Waals surface area contributed by atoms with E-state index in [1.54, 1.807) is 0 Å². The minimum Gasteiger partial charge on any atom is -0.313 e. The zero-order valence-corrected chi connectivity index (χ0v) is 14.2. The lowest BCUT2D eigenvalue weighted by Gasteiger charge is -2.45. The molecule has 0 aromatic carbocycles. The molecular formula is C17H36N2. The van der Waals surface area contributed by atoms with Crippen LogP contribution in [0.3, 0.4) is 0 Å². The Hall–Kier alpha value is -0.0800. The summed E-state index contributed by atoms with van der Waals surface area (Å²) in [6.45, 7) is 15.2. The molecule has 114 valence electrons. The van der Waals surface area contributed by atoms with Gasteiger partial charge in [0.05, 0.1) is 0 Å². The van der Waals surface area contributed by atoms with Gasteiger partial charge in [-0.1, -0.05) is 34.6 Å². The Balaban J connectivity index is 2.75. The molecule has 1 N–H and O–H groups in total. The van der Waals surface area contributed by atoms with Crippen LogP contribution >= 0.6 is 0 Å². The van der Waals surface area contributed by atoms with Crippen LogP contribution < -0.4 is 5.32 Å². The molecule has 0 heterocycles. The molecule has 1 aliphatic carbocycles. The van der Waals surface area contributed by atoms with Crippen molar-refractivity contribution in [2.45, 2.75) is 78.9 Å². The zero-order chi connectivity index (χ0) is 14.6. The summed E-state index contributed by atoms with van der Waals surface area (Å²) < 4.78 is 0. The third-order valence-corrected chi connectivity index (χ3v) is 5.40. The fourth-order valence-electron chi connectivity index (χ4n) is 3.51. The molecule has 0 saturated heterocycles. The summed E-state index contributed by atoms with van der Waals surface area (Å²) in [4.78, 5) is 2.65. The highest BCUT2D eigenvalue weighted by Gasteiger charge is 2.35. The second-order valence-electron chi connectivity index (χ2n) is 7.20. The minimum absolute atomic E-state index is 0.664. The van der Waals surface area contributed by atoms with Gasteiger partial charge in [0, 0.05) is 18.1 Å². The van der Waals surface area contributed by atoms with Crippen LogP contribution in [0.15, 0.2) is 0 Å². The lowest BCUT2D eigenvalue weighted by molar-refractivity contribution is 0.0621. The van der Waals surface area contributed by atoms with E-state index in [4.69, 9.17) is 0 Å². The molecular weight excluding hydrogens is 232 g/mol. The Bertz CT molecular complexity index is 244. The molecule has 1 saturated carbocycles. The van der Waals surface area contributed by atoms with Crippen molar-refractivity contribution in [3.63, 3.8) is 0 Å². The predicted octanol–water partition coefficient (Wildman–Crippen LogP) is 3.77. The van der Waals surface area contributed by atoms with Crippen molar-refractivity contribution in [3.05, 3.63) is 0 Å². The fraction of sp³-hybridized carbons (Fsp3) is 1.00. The van der Waals surface area contributed by atoms with E-state index in [1.165, 1.54) is 19.3 Å². The van der Waals surface area contributed by atoms with Crippen LogP contribution in [0.4, 0.5) is 0 Å². The molecule has 0 aromatic heterocycles. The number of nitrogens with one attached hydrogen (secondary N) is 1. The Morgan fingerprint density at radius 3 is 2.21 bits per heavy atom. The molecule has 2 heteroatoms. The van der Waals surface area contributed by atoms with Gasteiger partial charge in [0.15, 0.2) is 0 Å². The van der Waals surface area contributed by atoms with Crippen LogP contribution in [0.5, 0.6) is 0 Å². The van der Waals surface area contributed by atoms with Crippen LogP contribution in [0.1, 0.15) is 60.8 Å². The molecule has 1 fully saturated rings. The van der Waals surface area contributed by atoms with Gasteiger partial charge in [-0.2, -0.15) is 0 Å². The second-order valence-corrected chi connectivity index (χ2v) is 7.20. The molecule has 0 amide bonds. The van der Waals surface area contributed by atoms with Gasteiger partial charge in [-0.05, 0) is 57.5 Å². The van der Waals surface area contributed by atoms with E-state index in [1.807, 2.05) is 0 Å². The SMILES string of the molecule is CCNC1CCC(C(C)C)CC1N(C)C(C)C(C)C. The van der Waals surface area contributed by atoms with Gasteiger partial charge in [0.25, 0.3) is 0 Å². The summed E-state index contributed by atoms with van der Waals surface area (Å²) in [5, 5.41) is 3.73. The first kappa shape index (κ1) is 17.0. The summed E-state index contributed by atoms with van der Waals surface area (Å²) >= 11 is 0. The standard InChI is InChI=1S/C17H36N2/c1-8-18-16-10-9-15(13(4)5)11-17(16)19(7)14(6)12(2)3/h12-18H,8-11H2,1-7H3. The van der Waals surface area contributed by atoms with Gasteiger partial charge in [-0.25, -0.2) is 0 Å². The maximum Gasteiger partial charge on any atom is 0.0251 e. The lowest BCUT2D eigenvalue weighted by atomic mass is 9.76. The summed E-state index contributed by atoms with van der Waals surface area (Å²) in [6, 6.07) is 2.06. The van der Waals surface area contributed by atoms with Gasteiger partial charge >= 0.3 is 0 Å². The quantitative estimate of drug-likeness (QED) is 0.789. The van der Waals surface area contributed by atoms with Gasteiger partial charge in [0.2, 0.25) is 0 Å². The number of hydrogen-bond acceptors (Lipinski definition) is 2. The van der Waals surface area contributed by atoms with Crippen LogP contribution in [0.25, 0.3) is 0 Å². The largest absolute Gasteiger partial charge is 0.313 e. The summed E-state index contributed by atoms with van der Waals surface area (Å²) in [5.41, 5.74) is 0. The lowest BCUT2D eigenvalue weighted by Crippen LogP contribution is -2.55. The van der Waals surface area contributed by atoms with Gasteiger partial charge in [-0.3, -0.25) is 4.90 Å². The summed E-state index contributed by atoms with van der Waals surface area (Å²) in [6.07, 6.45) is 4.11. The van der Waals surface area contributed by atoms with E-state index in [0.29, 0.717) is 18.1 Å². The molecule has 0 spiro atoms. The van der Waals surface area contributed by atoms with E-state index in [0.717, 1.165) is 24.3 Å². The van der Waals surface area contributed by atoms with E-state index >= 15 is 0 Å². The topological polar surface area (TPSA) is 15.3 Å². The predicted molar refractivity (Wildman–Crippen MR) is 85.5 cm³/mol. The number of nitrogens with zero attached hydrogens (tertiary/aromatic N) is 1. The van der Waals surface area contributed by atoms with E-state index in [9.17, 15) is 0 Å². The Morgan fingerprint density at radius 2 is 1.74 bits per heavy atom. The molecule has 0 radical (unpaired) electrons. The monoisotopic (exact) mass is 268 g/mol. The van der Waals surface area contributed by atoms with E-state index < -0.39 is 0 Å². The number of rotatable bonds is 6. The van der Waals surface area contributed by atoms with Crippen LogP contribution in [0.2, 0.25) is 0 Å². The van der Waals surface area contributed by atoms with Crippen LogP contribution in [-0.2, 0) is 0 Å². The third-order valence-electron chi connectivity index (χ3n) is 5.40. The van der Waals surface area contributed by atoms with Crippen molar-refractivity contribution >= 4 is 0 Å². The van der Waals surface area contributed by atoms with Crippen molar-refractivity contribution in [2.24, 2.45) is 17.8 Å². The maximum absolute atomic E-state index is 3.73. The van der Waals surface area contributed by atoms with Gasteiger partial charge < -0.3 is 5.32 Å². The van der Waals surface area contributed by atoms with Gasteiger partial charge in [-0.15, -0.1) is 0 Å². The smallest absolute Gasteiger partial charge is 0.0251 e. The Labute approximate surface area is 121 Å². The first-order chi connectivity index (χ1) is 8.88. The van der Waals surface area contributed by atoms with Crippen molar-refractivity contribution in [2.75, 3.05) is 13.6 Å². The van der Waals surface area contributed by atoms with Crippen LogP contribution in [-0.4, -0.2) is 36.6 Å². The number of hydrogen-bond donors (Lipinski definition) is 1. The van der Waals surface area contributed by atoms with Crippen molar-refractivity contribution in [1.82, 2.24) is 10.2 Å². The molecule has 2 nitrogen and oxygen atoms in total. The summed E-state index contributed by atoms with van der Waals surface area (Å²) in [7, 11) is 2.34. The maximum atomic E-state index is 3.73. The average Bonchev–Trinajstić information content (AvgIpc) is 2.37. The first-order valence-corrected chi connectivity index (χ1v) is 8.33. The molecule has 0 aliphatic heterocycles. The zero-order valence-electron chi connectivity index (χ0n) is 14.2.